The topological polar surface area (TPSA) is 115 Å². The van der Waals surface area contributed by atoms with Crippen LogP contribution in [-0.4, -0.2) is 74.0 Å². The SMILES string of the molecule is CCN(CC)CCN1CCc2[nH]c(/C=C3\C(=O)Nc4ccc(NS(C)(=O)=O)cc43)c(C)c2C1=O. The molecule has 2 aromatic rings. The normalized spacial score (nSPS) is 16.7. The predicted octanol–water partition coefficient (Wildman–Crippen LogP) is 2.53. The maximum atomic E-state index is 13.2. The van der Waals surface area contributed by atoms with Gasteiger partial charge in [-0.15, -0.1) is 0 Å². The lowest BCUT2D eigenvalue weighted by molar-refractivity contribution is -0.110. The number of nitrogens with one attached hydrogen (secondary N) is 3. The van der Waals surface area contributed by atoms with Gasteiger partial charge in [0.2, 0.25) is 10.0 Å². The number of fused-ring (bicyclic) bond motifs is 2. The van der Waals surface area contributed by atoms with Crippen molar-refractivity contribution >= 4 is 44.9 Å². The van der Waals surface area contributed by atoms with E-state index >= 15 is 0 Å². The van der Waals surface area contributed by atoms with E-state index in [9.17, 15) is 18.0 Å². The summed E-state index contributed by atoms with van der Waals surface area (Å²) in [5.74, 6) is -0.256. The van der Waals surface area contributed by atoms with Crippen LogP contribution in [0.3, 0.4) is 0 Å². The third-order valence-electron chi connectivity index (χ3n) is 6.47. The molecular formula is C24H31N5O4S. The van der Waals surface area contributed by atoms with E-state index < -0.39 is 10.0 Å². The van der Waals surface area contributed by atoms with Crippen molar-refractivity contribution in [2.24, 2.45) is 0 Å². The summed E-state index contributed by atoms with van der Waals surface area (Å²) >= 11 is 0. The Morgan fingerprint density at radius 2 is 1.94 bits per heavy atom. The number of likely N-dealkylation sites (N-methyl/N-ethyl adjacent to an activating group) is 1. The van der Waals surface area contributed by atoms with Gasteiger partial charge in [-0.3, -0.25) is 14.3 Å². The summed E-state index contributed by atoms with van der Waals surface area (Å²) in [5, 5.41) is 2.81. The number of benzene rings is 1. The summed E-state index contributed by atoms with van der Waals surface area (Å²) in [6.45, 7) is 10.2. The Kier molecular flexibility index (Phi) is 6.55. The lowest BCUT2D eigenvalue weighted by Gasteiger charge is -2.29. The fourth-order valence-electron chi connectivity index (χ4n) is 4.58. The summed E-state index contributed by atoms with van der Waals surface area (Å²) in [4.78, 5) is 33.5. The van der Waals surface area contributed by atoms with Crippen molar-refractivity contribution in [3.05, 3.63) is 46.3 Å². The second-order valence-corrected chi connectivity index (χ2v) is 10.5. The van der Waals surface area contributed by atoms with Gasteiger partial charge < -0.3 is 20.1 Å². The predicted molar refractivity (Wildman–Crippen MR) is 134 cm³/mol. The largest absolute Gasteiger partial charge is 0.358 e. The molecule has 2 aliphatic rings. The molecule has 0 saturated heterocycles. The molecule has 10 heteroatoms. The number of hydrogen-bond acceptors (Lipinski definition) is 5. The van der Waals surface area contributed by atoms with Gasteiger partial charge in [0.15, 0.2) is 0 Å². The molecule has 0 saturated carbocycles. The molecule has 0 bridgehead atoms. The second kappa shape index (κ2) is 9.27. The fourth-order valence-corrected chi connectivity index (χ4v) is 5.13. The van der Waals surface area contributed by atoms with Crippen LogP contribution in [0.2, 0.25) is 0 Å². The first-order valence-electron chi connectivity index (χ1n) is 11.5. The van der Waals surface area contributed by atoms with Gasteiger partial charge in [-0.2, -0.15) is 0 Å². The van der Waals surface area contributed by atoms with Crippen LogP contribution >= 0.6 is 0 Å². The summed E-state index contributed by atoms with van der Waals surface area (Å²) < 4.78 is 25.7. The van der Waals surface area contributed by atoms with E-state index in [4.69, 9.17) is 0 Å². The Labute approximate surface area is 200 Å². The molecule has 3 heterocycles. The zero-order chi connectivity index (χ0) is 24.6. The van der Waals surface area contributed by atoms with Crippen LogP contribution in [0.5, 0.6) is 0 Å². The molecule has 9 nitrogen and oxygen atoms in total. The average Bonchev–Trinajstić information content (AvgIpc) is 3.26. The first kappa shape index (κ1) is 24.0. The highest BCUT2D eigenvalue weighted by atomic mass is 32.2. The maximum Gasteiger partial charge on any atom is 0.256 e. The van der Waals surface area contributed by atoms with Crippen LogP contribution in [-0.2, 0) is 21.2 Å². The maximum absolute atomic E-state index is 13.2. The summed E-state index contributed by atoms with van der Waals surface area (Å²) in [7, 11) is -3.44. The van der Waals surface area contributed by atoms with Gasteiger partial charge >= 0.3 is 0 Å². The van der Waals surface area contributed by atoms with Crippen molar-refractivity contribution < 1.29 is 18.0 Å². The smallest absolute Gasteiger partial charge is 0.256 e. The molecule has 0 unspecified atom stereocenters. The van der Waals surface area contributed by atoms with Crippen molar-refractivity contribution in [1.29, 1.82) is 0 Å². The quantitative estimate of drug-likeness (QED) is 0.497. The molecule has 34 heavy (non-hydrogen) atoms. The second-order valence-electron chi connectivity index (χ2n) is 8.73. The molecular weight excluding hydrogens is 454 g/mol. The molecule has 2 aliphatic heterocycles. The minimum absolute atomic E-state index is 0.0164. The summed E-state index contributed by atoms with van der Waals surface area (Å²) in [6.07, 6.45) is 3.55. The zero-order valence-corrected chi connectivity index (χ0v) is 20.8. The Balaban J connectivity index is 1.63. The highest BCUT2D eigenvalue weighted by molar-refractivity contribution is 7.92. The molecule has 182 valence electrons. The number of rotatable bonds is 8. The lowest BCUT2D eigenvalue weighted by atomic mass is 10.0. The minimum atomic E-state index is -3.44. The van der Waals surface area contributed by atoms with Crippen molar-refractivity contribution in [1.82, 2.24) is 14.8 Å². The van der Waals surface area contributed by atoms with E-state index in [1.165, 1.54) is 0 Å². The van der Waals surface area contributed by atoms with Crippen molar-refractivity contribution in [3.63, 3.8) is 0 Å². The van der Waals surface area contributed by atoms with Gasteiger partial charge in [-0.1, -0.05) is 13.8 Å². The lowest BCUT2D eigenvalue weighted by Crippen LogP contribution is -2.42. The van der Waals surface area contributed by atoms with Gasteiger partial charge in [0.1, 0.15) is 0 Å². The zero-order valence-electron chi connectivity index (χ0n) is 20.0. The van der Waals surface area contributed by atoms with E-state index in [1.54, 1.807) is 24.3 Å². The van der Waals surface area contributed by atoms with Crippen LogP contribution in [0.25, 0.3) is 11.6 Å². The Morgan fingerprint density at radius 3 is 2.62 bits per heavy atom. The van der Waals surface area contributed by atoms with Gasteiger partial charge in [-0.25, -0.2) is 8.42 Å². The Bertz CT molecular complexity index is 1270. The Morgan fingerprint density at radius 1 is 1.21 bits per heavy atom. The molecule has 0 aliphatic carbocycles. The number of aromatic amines is 1. The number of amides is 2. The van der Waals surface area contributed by atoms with E-state index in [2.05, 4.69) is 33.8 Å². The van der Waals surface area contributed by atoms with Crippen molar-refractivity contribution in [2.45, 2.75) is 27.2 Å². The number of carbonyl (C=O) groups is 2. The highest BCUT2D eigenvalue weighted by Gasteiger charge is 2.30. The van der Waals surface area contributed by atoms with Crippen LogP contribution in [0.4, 0.5) is 11.4 Å². The average molecular weight is 486 g/mol. The van der Waals surface area contributed by atoms with E-state index in [0.29, 0.717) is 46.9 Å². The molecule has 2 amide bonds. The van der Waals surface area contributed by atoms with E-state index in [-0.39, 0.29) is 11.8 Å². The molecule has 3 N–H and O–H groups in total. The van der Waals surface area contributed by atoms with E-state index in [1.807, 2.05) is 11.8 Å². The van der Waals surface area contributed by atoms with Gasteiger partial charge in [-0.05, 0) is 49.9 Å². The first-order chi connectivity index (χ1) is 16.1. The van der Waals surface area contributed by atoms with Crippen LogP contribution in [0.15, 0.2) is 18.2 Å². The molecule has 0 atom stereocenters. The van der Waals surface area contributed by atoms with Crippen molar-refractivity contribution in [3.8, 4) is 0 Å². The van der Waals surface area contributed by atoms with Crippen molar-refractivity contribution in [2.75, 3.05) is 49.0 Å². The number of carbonyl (C=O) groups excluding carboxylic acids is 2. The van der Waals surface area contributed by atoms with Crippen LogP contribution in [0, 0.1) is 6.92 Å². The summed E-state index contributed by atoms with van der Waals surface area (Å²) in [5.41, 5.74) is 5.11. The third-order valence-corrected chi connectivity index (χ3v) is 7.08. The number of nitrogens with zero attached hydrogens (tertiary/aromatic N) is 2. The molecule has 0 radical (unpaired) electrons. The monoisotopic (exact) mass is 485 g/mol. The number of sulfonamides is 1. The molecule has 1 aromatic heterocycles. The standard InChI is InChI=1S/C24H31N5O4S/c1-5-28(6-2)11-12-29-10-9-20-22(24(29)31)15(3)21(25-20)14-18-17-13-16(27-34(4,32)33)7-8-19(17)26-23(18)30/h7-8,13-14,25,27H,5-6,9-12H2,1-4H3,(H,26,30)/b18-14-. The van der Waals surface area contributed by atoms with E-state index in [0.717, 1.165) is 43.6 Å². The third kappa shape index (κ3) is 4.74. The van der Waals surface area contributed by atoms with Crippen LogP contribution < -0.4 is 10.0 Å². The molecule has 4 rings (SSSR count). The Hall–Kier alpha value is -3.11. The molecule has 0 spiro atoms. The molecule has 0 fully saturated rings. The number of H-pyrrole nitrogens is 1. The van der Waals surface area contributed by atoms with Gasteiger partial charge in [0, 0.05) is 54.4 Å². The first-order valence-corrected chi connectivity index (χ1v) is 13.4. The minimum Gasteiger partial charge on any atom is -0.358 e. The summed E-state index contributed by atoms with van der Waals surface area (Å²) in [6, 6.07) is 4.91. The number of hydrogen-bond donors (Lipinski definition) is 3. The van der Waals surface area contributed by atoms with Gasteiger partial charge in [0.25, 0.3) is 11.8 Å². The van der Waals surface area contributed by atoms with Gasteiger partial charge in [0.05, 0.1) is 17.4 Å². The van der Waals surface area contributed by atoms with Crippen LogP contribution in [0.1, 0.15) is 46.7 Å². The number of anilines is 2. The highest BCUT2D eigenvalue weighted by Crippen LogP contribution is 2.36. The fraction of sp³-hybridized carbons (Fsp3) is 0.417. The molecule has 1 aromatic carbocycles. The number of aromatic nitrogens is 1.